The van der Waals surface area contributed by atoms with Gasteiger partial charge in [-0.15, -0.1) is 0 Å². The zero-order valence-electron chi connectivity index (χ0n) is 28.9. The molecule has 5 rings (SSSR count). The van der Waals surface area contributed by atoms with Crippen LogP contribution >= 0.6 is 0 Å². The van der Waals surface area contributed by atoms with Gasteiger partial charge in [-0.05, 0) is 36.2 Å². The van der Waals surface area contributed by atoms with Crippen LogP contribution in [0.15, 0.2) is 121 Å². The van der Waals surface area contributed by atoms with Crippen molar-refractivity contribution in [2.24, 2.45) is 0 Å². The lowest BCUT2D eigenvalue weighted by Gasteiger charge is -2.42. The molecule has 4 atom stereocenters. The highest BCUT2D eigenvalue weighted by molar-refractivity contribution is 5.86. The largest absolute Gasteiger partial charge is 0.377 e. The fraction of sp³-hybridized carbons (Fsp3) is 0.366. The molecule has 0 spiro atoms. The van der Waals surface area contributed by atoms with Gasteiger partial charge in [-0.2, -0.15) is 0 Å². The minimum Gasteiger partial charge on any atom is -0.377 e. The third-order valence-electron chi connectivity index (χ3n) is 9.00. The standard InChI is InChI=1S/C41H48N2O7/c1-32(44)41(46,31-47-27-33-15-7-3-8-16-33)39(50-30-36-21-13-6-14-22-36)37(48-28-34-17-9-4-10-18-34)38(49-29-35-19-11-5-12-20-35)40(45)43-25-23-42(2)24-26-43/h3-22,37-39,46H,23-31H2,1-2H3/t37-,38-,39+,41-/m1/s1. The molecule has 0 unspecified atom stereocenters. The maximum Gasteiger partial charge on any atom is 0.254 e. The molecule has 1 aliphatic rings. The van der Waals surface area contributed by atoms with Crippen molar-refractivity contribution in [3.8, 4) is 0 Å². The van der Waals surface area contributed by atoms with Crippen LogP contribution in [0.4, 0.5) is 0 Å². The Morgan fingerprint density at radius 2 is 1.06 bits per heavy atom. The molecule has 1 N–H and O–H groups in total. The van der Waals surface area contributed by atoms with Crippen molar-refractivity contribution in [1.29, 1.82) is 0 Å². The Hall–Kier alpha value is -4.22. The fourth-order valence-corrected chi connectivity index (χ4v) is 5.92. The summed E-state index contributed by atoms with van der Waals surface area (Å²) in [7, 11) is 2.02. The number of hydrogen-bond acceptors (Lipinski definition) is 8. The van der Waals surface area contributed by atoms with Gasteiger partial charge < -0.3 is 33.9 Å². The number of hydrogen-bond donors (Lipinski definition) is 1. The summed E-state index contributed by atoms with van der Waals surface area (Å²) < 4.78 is 25.8. The molecule has 0 aliphatic carbocycles. The van der Waals surface area contributed by atoms with Gasteiger partial charge in [-0.25, -0.2) is 0 Å². The Balaban J connectivity index is 1.55. The van der Waals surface area contributed by atoms with Gasteiger partial charge in [0.05, 0.1) is 33.0 Å². The quantitative estimate of drug-likeness (QED) is 0.156. The van der Waals surface area contributed by atoms with E-state index in [1.165, 1.54) is 6.92 Å². The average molecular weight is 681 g/mol. The van der Waals surface area contributed by atoms with Gasteiger partial charge in [0.25, 0.3) is 5.91 Å². The number of aliphatic hydroxyl groups is 1. The van der Waals surface area contributed by atoms with Gasteiger partial charge >= 0.3 is 0 Å². The highest BCUT2D eigenvalue weighted by Crippen LogP contribution is 2.29. The second-order valence-electron chi connectivity index (χ2n) is 12.8. The maximum absolute atomic E-state index is 14.6. The smallest absolute Gasteiger partial charge is 0.254 e. The molecule has 4 aromatic carbocycles. The Labute approximate surface area is 295 Å². The SMILES string of the molecule is CC(=O)[C@](O)(COCc1ccccc1)[C@@H](OCc1ccccc1)[C@H](OCc1ccccc1)[C@@H](OCc1ccccc1)C(=O)N1CCN(C)CC1. The van der Waals surface area contributed by atoms with E-state index in [1.54, 1.807) is 4.90 Å². The highest BCUT2D eigenvalue weighted by Gasteiger charge is 2.52. The third-order valence-corrected chi connectivity index (χ3v) is 9.00. The Bertz CT molecular complexity index is 1580. The van der Waals surface area contributed by atoms with Crippen LogP contribution in [0.3, 0.4) is 0 Å². The number of carbonyl (C=O) groups is 2. The first-order chi connectivity index (χ1) is 24.3. The zero-order chi connectivity index (χ0) is 35.2. The molecular weight excluding hydrogens is 632 g/mol. The minimum atomic E-state index is -2.21. The molecule has 1 heterocycles. The van der Waals surface area contributed by atoms with E-state index >= 15 is 0 Å². The molecule has 9 heteroatoms. The first-order valence-corrected chi connectivity index (χ1v) is 17.1. The van der Waals surface area contributed by atoms with Gasteiger partial charge in [0.1, 0.15) is 12.2 Å². The molecule has 264 valence electrons. The van der Waals surface area contributed by atoms with E-state index < -0.39 is 36.3 Å². The number of piperazine rings is 1. The number of likely N-dealkylation sites (N-methyl/N-ethyl adjacent to an activating group) is 1. The van der Waals surface area contributed by atoms with E-state index in [4.69, 9.17) is 18.9 Å². The number of benzene rings is 4. The van der Waals surface area contributed by atoms with E-state index in [1.807, 2.05) is 128 Å². The topological polar surface area (TPSA) is 97.8 Å². The van der Waals surface area contributed by atoms with Gasteiger partial charge in [0.15, 0.2) is 17.5 Å². The van der Waals surface area contributed by atoms with Crippen LogP contribution in [0.5, 0.6) is 0 Å². The molecule has 4 aromatic rings. The number of carbonyl (C=O) groups excluding carboxylic acids is 2. The Kier molecular flexibility index (Phi) is 13.8. The molecule has 0 radical (unpaired) electrons. The summed E-state index contributed by atoms with van der Waals surface area (Å²) in [5.41, 5.74) is 1.20. The number of Topliss-reactive ketones (excluding diaryl/α,β-unsaturated/α-hetero) is 1. The van der Waals surface area contributed by atoms with Crippen LogP contribution < -0.4 is 0 Å². The first-order valence-electron chi connectivity index (χ1n) is 17.1. The molecule has 0 bridgehead atoms. The monoisotopic (exact) mass is 680 g/mol. The molecule has 1 saturated heterocycles. The van der Waals surface area contributed by atoms with Gasteiger partial charge in [-0.3, -0.25) is 9.59 Å². The average Bonchev–Trinajstić information content (AvgIpc) is 3.15. The van der Waals surface area contributed by atoms with Crippen molar-refractivity contribution in [2.75, 3.05) is 39.8 Å². The molecule has 1 amide bonds. The number of amides is 1. The van der Waals surface area contributed by atoms with Crippen molar-refractivity contribution >= 4 is 11.7 Å². The van der Waals surface area contributed by atoms with Crippen LogP contribution in [0, 0.1) is 0 Å². The predicted octanol–water partition coefficient (Wildman–Crippen LogP) is 5.05. The first kappa shape index (κ1) is 37.0. The van der Waals surface area contributed by atoms with Crippen molar-refractivity contribution in [1.82, 2.24) is 9.80 Å². The number of ether oxygens (including phenoxy) is 4. The van der Waals surface area contributed by atoms with Crippen LogP contribution in [-0.2, 0) is 55.0 Å². The normalized spacial score (nSPS) is 16.7. The molecule has 50 heavy (non-hydrogen) atoms. The van der Waals surface area contributed by atoms with E-state index in [9.17, 15) is 14.7 Å². The van der Waals surface area contributed by atoms with Crippen LogP contribution in [-0.4, -0.2) is 90.3 Å². The highest BCUT2D eigenvalue weighted by atomic mass is 16.6. The van der Waals surface area contributed by atoms with Gasteiger partial charge in [0, 0.05) is 26.2 Å². The summed E-state index contributed by atoms with van der Waals surface area (Å²) >= 11 is 0. The van der Waals surface area contributed by atoms with E-state index in [0.29, 0.717) is 26.2 Å². The van der Waals surface area contributed by atoms with E-state index in [-0.39, 0.29) is 32.3 Å². The van der Waals surface area contributed by atoms with Gasteiger partial charge in [-0.1, -0.05) is 121 Å². The Morgan fingerprint density at radius 1 is 0.640 bits per heavy atom. The maximum atomic E-state index is 14.6. The molecular formula is C41H48N2O7. The van der Waals surface area contributed by atoms with E-state index in [2.05, 4.69) is 4.90 Å². The lowest BCUT2D eigenvalue weighted by atomic mass is 9.86. The van der Waals surface area contributed by atoms with Crippen molar-refractivity contribution in [3.63, 3.8) is 0 Å². The Morgan fingerprint density at radius 3 is 1.52 bits per heavy atom. The summed E-state index contributed by atoms with van der Waals surface area (Å²) in [5.74, 6) is -0.873. The second kappa shape index (κ2) is 18.7. The van der Waals surface area contributed by atoms with Crippen LogP contribution in [0.1, 0.15) is 29.2 Å². The minimum absolute atomic E-state index is 0.0408. The lowest BCUT2D eigenvalue weighted by Crippen LogP contribution is -2.64. The number of nitrogens with zero attached hydrogens (tertiary/aromatic N) is 2. The molecule has 9 nitrogen and oxygen atoms in total. The van der Waals surface area contributed by atoms with E-state index in [0.717, 1.165) is 22.3 Å². The van der Waals surface area contributed by atoms with Crippen molar-refractivity contribution < 1.29 is 33.6 Å². The zero-order valence-corrected chi connectivity index (χ0v) is 28.9. The third kappa shape index (κ3) is 10.4. The van der Waals surface area contributed by atoms with Crippen LogP contribution in [0.25, 0.3) is 0 Å². The summed E-state index contributed by atoms with van der Waals surface area (Å²) in [6.07, 6.45) is -3.82. The summed E-state index contributed by atoms with van der Waals surface area (Å²) in [5, 5.41) is 12.5. The molecule has 1 fully saturated rings. The number of ketones is 1. The molecule has 1 aliphatic heterocycles. The summed E-state index contributed by atoms with van der Waals surface area (Å²) in [4.78, 5) is 32.2. The lowest BCUT2D eigenvalue weighted by molar-refractivity contribution is -0.222. The van der Waals surface area contributed by atoms with Gasteiger partial charge in [0.2, 0.25) is 0 Å². The predicted molar refractivity (Wildman–Crippen MR) is 191 cm³/mol. The fourth-order valence-electron chi connectivity index (χ4n) is 5.92. The summed E-state index contributed by atoms with van der Waals surface area (Å²) in [6, 6.07) is 38.1. The van der Waals surface area contributed by atoms with Crippen molar-refractivity contribution in [3.05, 3.63) is 144 Å². The number of rotatable bonds is 18. The molecule has 0 aromatic heterocycles. The van der Waals surface area contributed by atoms with Crippen LogP contribution in [0.2, 0.25) is 0 Å². The van der Waals surface area contributed by atoms with Crippen molar-refractivity contribution in [2.45, 2.75) is 57.3 Å². The molecule has 0 saturated carbocycles. The summed E-state index contributed by atoms with van der Waals surface area (Å²) in [6.45, 7) is 3.69. The second-order valence-corrected chi connectivity index (χ2v) is 12.8.